The summed E-state index contributed by atoms with van der Waals surface area (Å²) >= 11 is 0. The van der Waals surface area contributed by atoms with E-state index in [0.29, 0.717) is 31.7 Å². The van der Waals surface area contributed by atoms with Gasteiger partial charge in [0.25, 0.3) is 0 Å². The molecule has 194 valence electrons. The van der Waals surface area contributed by atoms with Gasteiger partial charge >= 0.3 is 5.97 Å². The van der Waals surface area contributed by atoms with Crippen molar-refractivity contribution < 1.29 is 24.1 Å². The first-order valence-corrected chi connectivity index (χ1v) is 12.8. The first-order chi connectivity index (χ1) is 18.0. The highest BCUT2D eigenvalue weighted by atomic mass is 16.7. The fourth-order valence-corrected chi connectivity index (χ4v) is 4.40. The summed E-state index contributed by atoms with van der Waals surface area (Å²) in [6.45, 7) is 6.03. The molecule has 0 aliphatic carbocycles. The fraction of sp³-hybridized carbons (Fsp3) is 0.323. The molecule has 0 fully saturated rings. The molecule has 0 radical (unpaired) electrons. The summed E-state index contributed by atoms with van der Waals surface area (Å²) < 4.78 is 16.8. The van der Waals surface area contributed by atoms with Crippen molar-refractivity contribution in [3.8, 4) is 22.6 Å². The second-order valence-corrected chi connectivity index (χ2v) is 9.20. The van der Waals surface area contributed by atoms with E-state index in [9.17, 15) is 9.90 Å². The molecular formula is C31H35NO5. The van der Waals surface area contributed by atoms with Crippen LogP contribution in [0.3, 0.4) is 0 Å². The van der Waals surface area contributed by atoms with Crippen LogP contribution >= 0.6 is 0 Å². The lowest BCUT2D eigenvalue weighted by Crippen LogP contribution is -2.24. The zero-order valence-corrected chi connectivity index (χ0v) is 21.8. The Morgan fingerprint density at radius 2 is 1.70 bits per heavy atom. The predicted molar refractivity (Wildman–Crippen MR) is 147 cm³/mol. The van der Waals surface area contributed by atoms with Gasteiger partial charge in [-0.3, -0.25) is 0 Å². The molecule has 1 N–H and O–H groups in total. The number of benzene rings is 3. The summed E-state index contributed by atoms with van der Waals surface area (Å²) in [5.41, 5.74) is 5.53. The summed E-state index contributed by atoms with van der Waals surface area (Å²) in [4.78, 5) is 14.1. The number of ether oxygens (including phenoxy) is 3. The molecular weight excluding hydrogens is 466 g/mol. The number of aliphatic carboxylic acids is 1. The van der Waals surface area contributed by atoms with E-state index in [4.69, 9.17) is 14.2 Å². The van der Waals surface area contributed by atoms with Gasteiger partial charge in [-0.2, -0.15) is 0 Å². The van der Waals surface area contributed by atoms with E-state index in [1.165, 1.54) is 0 Å². The second kappa shape index (κ2) is 12.5. The van der Waals surface area contributed by atoms with E-state index < -0.39 is 5.97 Å². The Morgan fingerprint density at radius 3 is 2.38 bits per heavy atom. The normalized spacial score (nSPS) is 13.8. The largest absolute Gasteiger partial charge is 0.497 e. The van der Waals surface area contributed by atoms with Gasteiger partial charge in [0.15, 0.2) is 6.29 Å². The van der Waals surface area contributed by atoms with Gasteiger partial charge in [0.2, 0.25) is 0 Å². The third-order valence-corrected chi connectivity index (χ3v) is 6.50. The maximum Gasteiger partial charge on any atom is 0.331 e. The molecule has 4 rings (SSSR count). The summed E-state index contributed by atoms with van der Waals surface area (Å²) in [5.74, 6) is 0.690. The van der Waals surface area contributed by atoms with Crippen LogP contribution in [0, 0.1) is 0 Å². The maximum absolute atomic E-state index is 11.9. The summed E-state index contributed by atoms with van der Waals surface area (Å²) in [6, 6.07) is 22.1. The lowest BCUT2D eigenvalue weighted by molar-refractivity contribution is -0.132. The summed E-state index contributed by atoms with van der Waals surface area (Å²) in [6.07, 6.45) is 4.08. The van der Waals surface area contributed by atoms with Crippen molar-refractivity contribution in [2.24, 2.45) is 0 Å². The maximum atomic E-state index is 11.9. The number of carboxylic acid groups (broad SMARTS) is 1. The number of fused-ring (bicyclic) bond motifs is 1. The number of methoxy groups -OCH3 is 1. The van der Waals surface area contributed by atoms with Crippen LogP contribution in [-0.4, -0.2) is 37.6 Å². The molecule has 3 aromatic rings. The molecule has 0 saturated heterocycles. The number of hydrogen-bond donors (Lipinski definition) is 1. The van der Waals surface area contributed by atoms with Gasteiger partial charge in [0.05, 0.1) is 13.7 Å². The van der Waals surface area contributed by atoms with E-state index in [1.54, 1.807) is 7.11 Å². The number of carboxylic acids is 1. The molecule has 1 atom stereocenters. The molecule has 0 bridgehead atoms. The van der Waals surface area contributed by atoms with Crippen LogP contribution in [-0.2, 0) is 16.1 Å². The second-order valence-electron chi connectivity index (χ2n) is 9.20. The fourth-order valence-electron chi connectivity index (χ4n) is 4.40. The number of rotatable bonds is 11. The van der Waals surface area contributed by atoms with E-state index >= 15 is 0 Å². The quantitative estimate of drug-likeness (QED) is 0.231. The van der Waals surface area contributed by atoms with Crippen LogP contribution in [0.25, 0.3) is 17.2 Å². The van der Waals surface area contributed by atoms with Gasteiger partial charge in [-0.25, -0.2) is 4.79 Å². The van der Waals surface area contributed by atoms with Crippen molar-refractivity contribution in [1.29, 1.82) is 0 Å². The zero-order valence-electron chi connectivity index (χ0n) is 21.8. The van der Waals surface area contributed by atoms with Crippen LogP contribution in [0.4, 0.5) is 5.69 Å². The Labute approximate surface area is 219 Å². The van der Waals surface area contributed by atoms with Crippen LogP contribution in [0.1, 0.15) is 44.2 Å². The molecule has 6 nitrogen and oxygen atoms in total. The van der Waals surface area contributed by atoms with E-state index in [0.717, 1.165) is 52.3 Å². The summed E-state index contributed by atoms with van der Waals surface area (Å²) in [5, 5.41) is 9.75. The highest BCUT2D eigenvalue weighted by Gasteiger charge is 2.20. The molecule has 0 aromatic heterocycles. The van der Waals surface area contributed by atoms with Crippen molar-refractivity contribution in [2.75, 3.05) is 25.2 Å². The monoisotopic (exact) mass is 501 g/mol. The minimum absolute atomic E-state index is 0.304. The highest BCUT2D eigenvalue weighted by Crippen LogP contribution is 2.34. The van der Waals surface area contributed by atoms with E-state index in [1.807, 2.05) is 61.5 Å². The minimum atomic E-state index is -0.876. The molecule has 1 unspecified atom stereocenters. The van der Waals surface area contributed by atoms with Crippen LogP contribution in [0.5, 0.6) is 11.5 Å². The van der Waals surface area contributed by atoms with Gasteiger partial charge in [-0.15, -0.1) is 0 Å². The number of unbranched alkanes of at least 4 members (excludes halogenated alkanes) is 1. The Bertz CT molecular complexity index is 1220. The first-order valence-electron chi connectivity index (χ1n) is 12.8. The average molecular weight is 502 g/mol. The smallest absolute Gasteiger partial charge is 0.331 e. The molecule has 0 saturated carbocycles. The molecule has 1 aliphatic rings. The van der Waals surface area contributed by atoms with Gasteiger partial charge in [-0.1, -0.05) is 43.7 Å². The third kappa shape index (κ3) is 6.92. The molecule has 0 spiro atoms. The van der Waals surface area contributed by atoms with Gasteiger partial charge in [0, 0.05) is 24.4 Å². The molecule has 6 heteroatoms. The lowest BCUT2D eigenvalue weighted by Gasteiger charge is -2.25. The lowest BCUT2D eigenvalue weighted by atomic mass is 10.00. The SMILES string of the molecule is CCCCOC(C)Oc1ccc(-c2ccc3c(c2)C=C(C(=O)O)CCN3Cc2ccc(OC)cc2)cc1. The number of nitrogens with zero attached hydrogens (tertiary/aromatic N) is 1. The van der Waals surface area contributed by atoms with Crippen molar-refractivity contribution in [3.05, 3.63) is 83.4 Å². The van der Waals surface area contributed by atoms with Crippen LogP contribution in [0.2, 0.25) is 0 Å². The standard InChI is InChI=1S/C31H35NO5/c1-4-5-18-36-22(2)37-29-13-8-24(9-14-29)25-10-15-30-27(19-25)20-26(31(33)34)16-17-32(30)21-23-6-11-28(35-3)12-7-23/h6-15,19-20,22H,4-5,16-18,21H2,1-3H3,(H,33,34). The van der Waals surface area contributed by atoms with E-state index in [-0.39, 0.29) is 6.29 Å². The minimum Gasteiger partial charge on any atom is -0.497 e. The van der Waals surface area contributed by atoms with Crippen LogP contribution in [0.15, 0.2) is 72.3 Å². The Hall–Kier alpha value is -3.77. The van der Waals surface area contributed by atoms with Crippen molar-refractivity contribution in [3.63, 3.8) is 0 Å². The van der Waals surface area contributed by atoms with Crippen molar-refractivity contribution >= 4 is 17.7 Å². The van der Waals surface area contributed by atoms with Gasteiger partial charge in [0.1, 0.15) is 11.5 Å². The Kier molecular flexibility index (Phi) is 8.86. The Morgan fingerprint density at radius 1 is 1.00 bits per heavy atom. The topological polar surface area (TPSA) is 68.2 Å². The van der Waals surface area contributed by atoms with Crippen molar-refractivity contribution in [1.82, 2.24) is 0 Å². The molecule has 0 amide bonds. The van der Waals surface area contributed by atoms with E-state index in [2.05, 4.69) is 30.0 Å². The molecule has 1 heterocycles. The molecule has 1 aliphatic heterocycles. The molecule has 3 aromatic carbocycles. The number of hydrogen-bond acceptors (Lipinski definition) is 5. The number of carbonyl (C=O) groups is 1. The zero-order chi connectivity index (χ0) is 26.2. The molecule has 37 heavy (non-hydrogen) atoms. The van der Waals surface area contributed by atoms with Gasteiger partial charge < -0.3 is 24.2 Å². The van der Waals surface area contributed by atoms with Crippen LogP contribution < -0.4 is 14.4 Å². The average Bonchev–Trinajstić information content (AvgIpc) is 3.09. The first kappa shape index (κ1) is 26.3. The number of anilines is 1. The predicted octanol–water partition coefficient (Wildman–Crippen LogP) is 6.78. The third-order valence-electron chi connectivity index (χ3n) is 6.50. The highest BCUT2D eigenvalue weighted by molar-refractivity contribution is 5.94. The Balaban J connectivity index is 1.55. The van der Waals surface area contributed by atoms with Gasteiger partial charge in [-0.05, 0) is 84.5 Å². The summed E-state index contributed by atoms with van der Waals surface area (Å²) in [7, 11) is 1.65. The van der Waals surface area contributed by atoms with Crippen molar-refractivity contribution in [2.45, 2.75) is 45.9 Å².